The van der Waals surface area contributed by atoms with Crippen LogP contribution in [0.4, 0.5) is 0 Å². The minimum atomic E-state index is -1.18. The summed E-state index contributed by atoms with van der Waals surface area (Å²) in [5.41, 5.74) is 6.58. The SMILES string of the molecule is NC(=O)C(=O)C(Cc1coc2ccccc12)NC(=O)c1cncn1-c1ncccn1. The predicted molar refractivity (Wildman–Crippen MR) is 105 cm³/mol. The molecule has 2 amide bonds. The number of benzene rings is 1. The number of nitrogens with two attached hydrogens (primary N) is 1. The molecular weight excluding hydrogens is 388 g/mol. The Balaban J connectivity index is 1.62. The molecule has 0 saturated carbocycles. The van der Waals surface area contributed by atoms with Gasteiger partial charge in [-0.3, -0.25) is 19.0 Å². The fourth-order valence-corrected chi connectivity index (χ4v) is 3.06. The van der Waals surface area contributed by atoms with E-state index < -0.39 is 23.6 Å². The lowest BCUT2D eigenvalue weighted by atomic mass is 10.0. The molecule has 10 nitrogen and oxygen atoms in total. The number of aromatic nitrogens is 4. The number of hydrogen-bond donors (Lipinski definition) is 2. The zero-order valence-electron chi connectivity index (χ0n) is 15.6. The molecule has 0 aliphatic heterocycles. The molecule has 4 rings (SSSR count). The molecule has 0 aliphatic rings. The van der Waals surface area contributed by atoms with Crippen LogP contribution in [0.5, 0.6) is 0 Å². The van der Waals surface area contributed by atoms with Gasteiger partial charge in [0.05, 0.1) is 12.5 Å². The minimum absolute atomic E-state index is 0.0283. The summed E-state index contributed by atoms with van der Waals surface area (Å²) in [5.74, 6) is -2.46. The number of amides is 2. The van der Waals surface area contributed by atoms with E-state index in [1.807, 2.05) is 18.2 Å². The molecule has 0 bridgehead atoms. The summed E-state index contributed by atoms with van der Waals surface area (Å²) in [5, 5.41) is 3.34. The van der Waals surface area contributed by atoms with Crippen molar-refractivity contribution in [2.24, 2.45) is 5.73 Å². The molecule has 0 spiro atoms. The second-order valence-electron chi connectivity index (χ2n) is 6.41. The van der Waals surface area contributed by atoms with Crippen LogP contribution in [0.15, 0.2) is 65.9 Å². The van der Waals surface area contributed by atoms with Crippen molar-refractivity contribution < 1.29 is 18.8 Å². The molecule has 0 fully saturated rings. The average Bonchev–Trinajstić information content (AvgIpc) is 3.41. The highest BCUT2D eigenvalue weighted by Gasteiger charge is 2.28. The number of carbonyl (C=O) groups is 3. The number of fused-ring (bicyclic) bond motifs is 1. The number of nitrogens with zero attached hydrogens (tertiary/aromatic N) is 4. The van der Waals surface area contributed by atoms with Gasteiger partial charge in [0.1, 0.15) is 23.6 Å². The molecule has 150 valence electrons. The smallest absolute Gasteiger partial charge is 0.287 e. The van der Waals surface area contributed by atoms with Crippen LogP contribution >= 0.6 is 0 Å². The second kappa shape index (κ2) is 7.95. The molecule has 0 aliphatic carbocycles. The quantitative estimate of drug-likeness (QED) is 0.433. The number of carbonyl (C=O) groups excluding carboxylic acids is 3. The lowest BCUT2D eigenvalue weighted by Crippen LogP contribution is -2.47. The van der Waals surface area contributed by atoms with Gasteiger partial charge in [0.2, 0.25) is 11.7 Å². The Hall–Kier alpha value is -4.34. The summed E-state index contributed by atoms with van der Waals surface area (Å²) in [4.78, 5) is 48.9. The highest BCUT2D eigenvalue weighted by Crippen LogP contribution is 2.22. The normalized spacial score (nSPS) is 11.9. The number of primary amides is 1. The number of nitrogens with one attached hydrogen (secondary N) is 1. The van der Waals surface area contributed by atoms with Crippen molar-refractivity contribution in [1.29, 1.82) is 0 Å². The lowest BCUT2D eigenvalue weighted by molar-refractivity contribution is -0.137. The Morgan fingerprint density at radius 3 is 2.67 bits per heavy atom. The van der Waals surface area contributed by atoms with Gasteiger partial charge < -0.3 is 15.5 Å². The number of imidazole rings is 1. The maximum absolute atomic E-state index is 12.9. The van der Waals surface area contributed by atoms with Crippen LogP contribution in [0.3, 0.4) is 0 Å². The number of hydrogen-bond acceptors (Lipinski definition) is 7. The van der Waals surface area contributed by atoms with Gasteiger partial charge in [0, 0.05) is 29.8 Å². The van der Waals surface area contributed by atoms with E-state index >= 15 is 0 Å². The van der Waals surface area contributed by atoms with Crippen LogP contribution in [-0.4, -0.2) is 43.2 Å². The first kappa shape index (κ1) is 19.0. The van der Waals surface area contributed by atoms with E-state index in [2.05, 4.69) is 20.3 Å². The Morgan fingerprint density at radius 1 is 1.13 bits per heavy atom. The number of Topliss-reactive ketones (excluding diaryl/α,β-unsaturated/α-hetero) is 1. The molecule has 30 heavy (non-hydrogen) atoms. The third-order valence-electron chi connectivity index (χ3n) is 4.49. The fraction of sp³-hybridized carbons (Fsp3) is 0.100. The molecular formula is C20H16N6O4. The summed E-state index contributed by atoms with van der Waals surface area (Å²) < 4.78 is 6.84. The van der Waals surface area contributed by atoms with Gasteiger partial charge in [0.15, 0.2) is 0 Å². The molecule has 1 unspecified atom stereocenters. The monoisotopic (exact) mass is 404 g/mol. The Bertz CT molecular complexity index is 1230. The van der Waals surface area contributed by atoms with Crippen molar-refractivity contribution in [3.05, 3.63) is 72.8 Å². The summed E-state index contributed by atoms with van der Waals surface area (Å²) in [7, 11) is 0. The van der Waals surface area contributed by atoms with Crippen molar-refractivity contribution in [3.63, 3.8) is 0 Å². The highest BCUT2D eigenvalue weighted by molar-refractivity contribution is 6.38. The molecule has 0 saturated heterocycles. The van der Waals surface area contributed by atoms with Crippen molar-refractivity contribution in [2.45, 2.75) is 12.5 Å². The standard InChI is InChI=1S/C20H16N6O4/c21-18(28)17(27)14(8-12-10-30-16-5-2-1-4-13(12)16)25-19(29)15-9-22-11-26(15)20-23-6-3-7-24-20/h1-7,9-11,14H,8H2,(H2,21,28)(H,25,29). The number of furan rings is 1. The van der Waals surface area contributed by atoms with Gasteiger partial charge in [-0.2, -0.15) is 0 Å². The topological polar surface area (TPSA) is 146 Å². The first-order chi connectivity index (χ1) is 14.5. The predicted octanol–water partition coefficient (Wildman–Crippen LogP) is 0.804. The third-order valence-corrected chi connectivity index (χ3v) is 4.49. The first-order valence-electron chi connectivity index (χ1n) is 8.94. The van der Waals surface area contributed by atoms with E-state index in [1.54, 1.807) is 12.1 Å². The number of rotatable bonds is 7. The van der Waals surface area contributed by atoms with Gasteiger partial charge in [-0.05, 0) is 12.1 Å². The molecule has 10 heteroatoms. The Morgan fingerprint density at radius 2 is 1.90 bits per heavy atom. The fourth-order valence-electron chi connectivity index (χ4n) is 3.06. The van der Waals surface area contributed by atoms with E-state index in [0.717, 1.165) is 5.39 Å². The van der Waals surface area contributed by atoms with Gasteiger partial charge in [-0.15, -0.1) is 0 Å². The van der Waals surface area contributed by atoms with Gasteiger partial charge in [-0.1, -0.05) is 18.2 Å². The van der Waals surface area contributed by atoms with Crippen LogP contribution in [0.1, 0.15) is 16.1 Å². The molecule has 0 radical (unpaired) electrons. The van der Waals surface area contributed by atoms with E-state index in [9.17, 15) is 14.4 Å². The zero-order chi connectivity index (χ0) is 21.1. The zero-order valence-corrected chi connectivity index (χ0v) is 15.6. The largest absolute Gasteiger partial charge is 0.464 e. The van der Waals surface area contributed by atoms with Crippen LogP contribution < -0.4 is 11.1 Å². The number of para-hydroxylation sites is 1. The Kier molecular flexibility index (Phi) is 5.04. The van der Waals surface area contributed by atoms with Crippen LogP contribution in [0.25, 0.3) is 16.9 Å². The second-order valence-corrected chi connectivity index (χ2v) is 6.41. The lowest BCUT2D eigenvalue weighted by Gasteiger charge is -2.16. The molecule has 3 N–H and O–H groups in total. The highest BCUT2D eigenvalue weighted by atomic mass is 16.3. The van der Waals surface area contributed by atoms with E-state index in [-0.39, 0.29) is 18.1 Å². The Labute approximate surface area is 169 Å². The maximum atomic E-state index is 12.9. The summed E-state index contributed by atoms with van der Waals surface area (Å²) in [6.45, 7) is 0. The summed E-state index contributed by atoms with van der Waals surface area (Å²) in [6, 6.07) is 7.69. The molecule has 3 aromatic heterocycles. The van der Waals surface area contributed by atoms with Crippen molar-refractivity contribution in [3.8, 4) is 5.95 Å². The van der Waals surface area contributed by atoms with Crippen LogP contribution in [0, 0.1) is 0 Å². The maximum Gasteiger partial charge on any atom is 0.287 e. The van der Waals surface area contributed by atoms with Crippen LogP contribution in [-0.2, 0) is 16.0 Å². The van der Waals surface area contributed by atoms with Crippen molar-refractivity contribution in [1.82, 2.24) is 24.8 Å². The minimum Gasteiger partial charge on any atom is -0.464 e. The number of ketones is 1. The van der Waals surface area contributed by atoms with E-state index in [0.29, 0.717) is 11.1 Å². The van der Waals surface area contributed by atoms with Gasteiger partial charge in [-0.25, -0.2) is 15.0 Å². The van der Waals surface area contributed by atoms with E-state index in [1.165, 1.54) is 35.7 Å². The molecule has 1 atom stereocenters. The van der Waals surface area contributed by atoms with E-state index in [4.69, 9.17) is 10.2 Å². The molecule has 4 aromatic rings. The van der Waals surface area contributed by atoms with Crippen LogP contribution in [0.2, 0.25) is 0 Å². The molecule has 1 aromatic carbocycles. The van der Waals surface area contributed by atoms with Crippen molar-refractivity contribution in [2.75, 3.05) is 0 Å². The first-order valence-corrected chi connectivity index (χ1v) is 8.94. The third kappa shape index (κ3) is 3.65. The van der Waals surface area contributed by atoms with Gasteiger partial charge in [0.25, 0.3) is 11.8 Å². The molecule has 3 heterocycles. The average molecular weight is 404 g/mol. The summed E-state index contributed by atoms with van der Waals surface area (Å²) >= 11 is 0. The summed E-state index contributed by atoms with van der Waals surface area (Å²) in [6.07, 6.45) is 7.24. The van der Waals surface area contributed by atoms with Gasteiger partial charge >= 0.3 is 0 Å². The van der Waals surface area contributed by atoms with Crippen molar-refractivity contribution >= 4 is 28.6 Å².